The van der Waals surface area contributed by atoms with Crippen LogP contribution in [0.25, 0.3) is 10.2 Å². The van der Waals surface area contributed by atoms with Gasteiger partial charge in [-0.3, -0.25) is 0 Å². The molecule has 2 heteroatoms. The summed E-state index contributed by atoms with van der Waals surface area (Å²) in [6, 6.07) is 6.62. The molecule has 2 rings (SSSR count). The molecule has 15 heavy (non-hydrogen) atoms. The van der Waals surface area contributed by atoms with E-state index in [2.05, 4.69) is 50.9 Å². The SMILES string of the molecule is CC(C)c1ccc2nc(C(C)C)sc2c1. The van der Waals surface area contributed by atoms with Gasteiger partial charge in [0.25, 0.3) is 0 Å². The molecular weight excluding hydrogens is 202 g/mol. The van der Waals surface area contributed by atoms with Crippen LogP contribution in [-0.4, -0.2) is 4.98 Å². The monoisotopic (exact) mass is 219 g/mol. The highest BCUT2D eigenvalue weighted by molar-refractivity contribution is 7.18. The fourth-order valence-electron chi connectivity index (χ4n) is 1.57. The lowest BCUT2D eigenvalue weighted by molar-refractivity contribution is 0.856. The van der Waals surface area contributed by atoms with Gasteiger partial charge in [0.05, 0.1) is 15.2 Å². The van der Waals surface area contributed by atoms with Crippen LogP contribution in [0.15, 0.2) is 18.2 Å². The summed E-state index contributed by atoms with van der Waals surface area (Å²) in [5.74, 6) is 1.13. The van der Waals surface area contributed by atoms with Crippen LogP contribution in [-0.2, 0) is 0 Å². The molecule has 80 valence electrons. The van der Waals surface area contributed by atoms with Crippen LogP contribution in [0, 0.1) is 0 Å². The Morgan fingerprint density at radius 3 is 2.40 bits per heavy atom. The Morgan fingerprint density at radius 1 is 1.07 bits per heavy atom. The molecule has 0 spiro atoms. The van der Waals surface area contributed by atoms with Crippen molar-refractivity contribution in [1.82, 2.24) is 4.98 Å². The molecule has 0 aliphatic carbocycles. The van der Waals surface area contributed by atoms with Gasteiger partial charge in [0.2, 0.25) is 0 Å². The Kier molecular flexibility index (Phi) is 2.79. The zero-order chi connectivity index (χ0) is 11.0. The van der Waals surface area contributed by atoms with Crippen LogP contribution in [0.1, 0.15) is 50.1 Å². The van der Waals surface area contributed by atoms with Gasteiger partial charge in [-0.15, -0.1) is 11.3 Å². The molecular formula is C13H17NS. The standard InChI is InChI=1S/C13H17NS/c1-8(2)10-5-6-11-12(7-10)15-13(14-11)9(3)4/h5-9H,1-4H3. The molecule has 1 aromatic carbocycles. The first-order valence-electron chi connectivity index (χ1n) is 5.48. The summed E-state index contributed by atoms with van der Waals surface area (Å²) in [5, 5.41) is 1.24. The van der Waals surface area contributed by atoms with E-state index in [1.54, 1.807) is 0 Å². The molecule has 0 bridgehead atoms. The Morgan fingerprint density at radius 2 is 1.80 bits per heavy atom. The molecule has 0 amide bonds. The van der Waals surface area contributed by atoms with Crippen molar-refractivity contribution >= 4 is 21.6 Å². The van der Waals surface area contributed by atoms with Gasteiger partial charge in [-0.05, 0) is 23.6 Å². The van der Waals surface area contributed by atoms with Crippen LogP contribution >= 0.6 is 11.3 Å². The summed E-state index contributed by atoms with van der Waals surface area (Å²) in [6.07, 6.45) is 0. The van der Waals surface area contributed by atoms with E-state index in [-0.39, 0.29) is 0 Å². The summed E-state index contributed by atoms with van der Waals surface area (Å²) in [4.78, 5) is 4.63. The van der Waals surface area contributed by atoms with Gasteiger partial charge in [0.15, 0.2) is 0 Å². The summed E-state index contributed by atoms with van der Waals surface area (Å²) in [5.41, 5.74) is 2.55. The zero-order valence-corrected chi connectivity index (χ0v) is 10.6. The number of aromatic nitrogens is 1. The van der Waals surface area contributed by atoms with Crippen LogP contribution < -0.4 is 0 Å². The summed E-state index contributed by atoms with van der Waals surface area (Å²) in [6.45, 7) is 8.85. The third-order valence-corrected chi connectivity index (χ3v) is 3.91. The molecule has 1 heterocycles. The molecule has 0 fully saturated rings. The molecule has 0 aliphatic heterocycles. The number of rotatable bonds is 2. The van der Waals surface area contributed by atoms with Crippen LogP contribution in [0.2, 0.25) is 0 Å². The second kappa shape index (κ2) is 3.93. The van der Waals surface area contributed by atoms with E-state index in [1.807, 2.05) is 11.3 Å². The maximum absolute atomic E-state index is 4.63. The maximum Gasteiger partial charge on any atom is 0.0963 e. The summed E-state index contributed by atoms with van der Waals surface area (Å²) in [7, 11) is 0. The number of thiazole rings is 1. The number of nitrogens with zero attached hydrogens (tertiary/aromatic N) is 1. The zero-order valence-electron chi connectivity index (χ0n) is 9.74. The highest BCUT2D eigenvalue weighted by Crippen LogP contribution is 2.29. The van der Waals surface area contributed by atoms with Crippen LogP contribution in [0.5, 0.6) is 0 Å². The lowest BCUT2D eigenvalue weighted by Crippen LogP contribution is -1.85. The summed E-state index contributed by atoms with van der Waals surface area (Å²) >= 11 is 1.83. The van der Waals surface area contributed by atoms with Crippen molar-refractivity contribution < 1.29 is 0 Å². The van der Waals surface area contributed by atoms with Crippen molar-refractivity contribution in [2.24, 2.45) is 0 Å². The number of benzene rings is 1. The fourth-order valence-corrected chi connectivity index (χ4v) is 2.58. The Bertz CT molecular complexity index is 462. The molecule has 0 atom stereocenters. The Hall–Kier alpha value is -0.890. The molecule has 1 nitrogen and oxygen atoms in total. The normalized spacial score (nSPS) is 11.9. The van der Waals surface area contributed by atoms with Crippen molar-refractivity contribution in [1.29, 1.82) is 0 Å². The third-order valence-electron chi connectivity index (χ3n) is 2.59. The second-order valence-electron chi connectivity index (χ2n) is 4.59. The minimum Gasteiger partial charge on any atom is -0.241 e. The number of hydrogen-bond donors (Lipinski definition) is 0. The average molecular weight is 219 g/mol. The van der Waals surface area contributed by atoms with E-state index < -0.39 is 0 Å². The predicted octanol–water partition coefficient (Wildman–Crippen LogP) is 4.54. The fraction of sp³-hybridized carbons (Fsp3) is 0.462. The molecule has 0 radical (unpaired) electrons. The molecule has 0 unspecified atom stereocenters. The van der Waals surface area contributed by atoms with Gasteiger partial charge in [-0.25, -0.2) is 4.98 Å². The first kappa shape index (κ1) is 10.6. The first-order chi connectivity index (χ1) is 7.08. The lowest BCUT2D eigenvalue weighted by Gasteiger charge is -2.03. The topological polar surface area (TPSA) is 12.9 Å². The van der Waals surface area contributed by atoms with Gasteiger partial charge >= 0.3 is 0 Å². The van der Waals surface area contributed by atoms with E-state index in [0.29, 0.717) is 11.8 Å². The number of fused-ring (bicyclic) bond motifs is 1. The molecule has 1 aromatic heterocycles. The summed E-state index contributed by atoms with van der Waals surface area (Å²) < 4.78 is 1.32. The Balaban J connectivity index is 2.52. The molecule has 0 aliphatic rings. The number of hydrogen-bond acceptors (Lipinski definition) is 2. The molecule has 0 saturated heterocycles. The van der Waals surface area contributed by atoms with Gasteiger partial charge in [-0.1, -0.05) is 33.8 Å². The largest absolute Gasteiger partial charge is 0.241 e. The highest BCUT2D eigenvalue weighted by Gasteiger charge is 2.08. The molecule has 2 aromatic rings. The minimum absolute atomic E-state index is 0.532. The molecule has 0 N–H and O–H groups in total. The van der Waals surface area contributed by atoms with E-state index in [9.17, 15) is 0 Å². The predicted molar refractivity (Wildman–Crippen MR) is 67.8 cm³/mol. The van der Waals surface area contributed by atoms with Gasteiger partial charge in [-0.2, -0.15) is 0 Å². The molecule has 0 saturated carbocycles. The van der Waals surface area contributed by atoms with Crippen LogP contribution in [0.3, 0.4) is 0 Å². The highest BCUT2D eigenvalue weighted by atomic mass is 32.1. The average Bonchev–Trinajstić information content (AvgIpc) is 2.59. The van der Waals surface area contributed by atoms with E-state index in [4.69, 9.17) is 0 Å². The first-order valence-corrected chi connectivity index (χ1v) is 6.30. The smallest absolute Gasteiger partial charge is 0.0963 e. The van der Waals surface area contributed by atoms with Crippen molar-refractivity contribution in [3.05, 3.63) is 28.8 Å². The van der Waals surface area contributed by atoms with E-state index in [0.717, 1.165) is 5.52 Å². The Labute approximate surface area is 95.2 Å². The van der Waals surface area contributed by atoms with Gasteiger partial charge < -0.3 is 0 Å². The minimum atomic E-state index is 0.532. The van der Waals surface area contributed by atoms with Gasteiger partial charge in [0.1, 0.15) is 0 Å². The maximum atomic E-state index is 4.63. The van der Waals surface area contributed by atoms with E-state index in [1.165, 1.54) is 15.3 Å². The lowest BCUT2D eigenvalue weighted by atomic mass is 10.0. The van der Waals surface area contributed by atoms with Crippen molar-refractivity contribution in [3.8, 4) is 0 Å². The quantitative estimate of drug-likeness (QED) is 0.722. The van der Waals surface area contributed by atoms with E-state index >= 15 is 0 Å². The third kappa shape index (κ3) is 2.05. The van der Waals surface area contributed by atoms with Gasteiger partial charge in [0, 0.05) is 5.92 Å². The second-order valence-corrected chi connectivity index (χ2v) is 5.65. The van der Waals surface area contributed by atoms with Crippen molar-refractivity contribution in [2.75, 3.05) is 0 Å². The van der Waals surface area contributed by atoms with Crippen molar-refractivity contribution in [2.45, 2.75) is 39.5 Å². The van der Waals surface area contributed by atoms with Crippen LogP contribution in [0.4, 0.5) is 0 Å². The van der Waals surface area contributed by atoms with Crippen molar-refractivity contribution in [3.63, 3.8) is 0 Å².